The van der Waals surface area contributed by atoms with Gasteiger partial charge in [-0.1, -0.05) is 18.2 Å². The molecule has 0 aliphatic carbocycles. The minimum Gasteiger partial charge on any atom is -0.379 e. The highest BCUT2D eigenvalue weighted by Gasteiger charge is 2.24. The number of nitrogens with zero attached hydrogens (tertiary/aromatic N) is 3. The van der Waals surface area contributed by atoms with Crippen molar-refractivity contribution >= 4 is 5.91 Å². The van der Waals surface area contributed by atoms with E-state index < -0.39 is 0 Å². The Morgan fingerprint density at radius 3 is 2.64 bits per heavy atom. The van der Waals surface area contributed by atoms with Crippen LogP contribution in [0.4, 0.5) is 0 Å². The smallest absolute Gasteiger partial charge is 0.282 e. The first kappa shape index (κ1) is 19.8. The standard InChI is InChI=1S/C21H26N4O3/c1-4-24-13-17(20(26)22-11-8-12-28-15(2)3)19-18(14-24)21(27)25(23-19)16-9-6-5-7-10-16/h5-7,9-10,13-15H,4,8,11-12H2,1-3H3,(H,22,26). The summed E-state index contributed by atoms with van der Waals surface area (Å²) in [4.78, 5) is 25.6. The number of carbonyl (C=O) groups excluding carboxylic acids is 1. The van der Waals surface area contributed by atoms with Gasteiger partial charge in [-0.05, 0) is 39.3 Å². The van der Waals surface area contributed by atoms with Crippen molar-refractivity contribution in [3.8, 4) is 16.9 Å². The zero-order valence-electron chi connectivity index (χ0n) is 16.5. The van der Waals surface area contributed by atoms with E-state index in [1.54, 1.807) is 12.4 Å². The summed E-state index contributed by atoms with van der Waals surface area (Å²) in [5.74, 6) is -0.241. The Kier molecular flexibility index (Phi) is 6.26. The van der Waals surface area contributed by atoms with E-state index in [4.69, 9.17) is 4.74 Å². The predicted octanol–water partition coefficient (Wildman–Crippen LogP) is 2.70. The Hall–Kier alpha value is -2.93. The molecule has 2 aliphatic rings. The van der Waals surface area contributed by atoms with Gasteiger partial charge >= 0.3 is 0 Å². The van der Waals surface area contributed by atoms with E-state index in [1.165, 1.54) is 4.68 Å². The number of para-hydroxylation sites is 1. The summed E-state index contributed by atoms with van der Waals surface area (Å²) in [7, 11) is 0. The van der Waals surface area contributed by atoms with Crippen LogP contribution in [0, 0.1) is 0 Å². The molecule has 0 fully saturated rings. The van der Waals surface area contributed by atoms with Crippen molar-refractivity contribution in [2.45, 2.75) is 39.8 Å². The lowest BCUT2D eigenvalue weighted by molar-refractivity contribution is 0.0757. The van der Waals surface area contributed by atoms with Crippen molar-refractivity contribution in [1.82, 2.24) is 19.7 Å². The molecule has 0 radical (unpaired) electrons. The first-order valence-corrected chi connectivity index (χ1v) is 9.59. The Balaban J connectivity index is 1.89. The monoisotopic (exact) mass is 382 g/mol. The quantitative estimate of drug-likeness (QED) is 0.608. The van der Waals surface area contributed by atoms with E-state index in [0.29, 0.717) is 42.2 Å². The lowest BCUT2D eigenvalue weighted by Gasteiger charge is -2.12. The van der Waals surface area contributed by atoms with Crippen LogP contribution >= 0.6 is 0 Å². The molecule has 0 saturated heterocycles. The first-order valence-electron chi connectivity index (χ1n) is 9.59. The Bertz CT molecular complexity index is 960. The maximum atomic E-state index is 12.9. The number of carbonyl (C=O) groups is 1. The summed E-state index contributed by atoms with van der Waals surface area (Å²) < 4.78 is 8.67. The first-order chi connectivity index (χ1) is 13.5. The molecule has 0 unspecified atom stereocenters. The second-order valence-corrected chi connectivity index (χ2v) is 6.85. The van der Waals surface area contributed by atoms with Crippen LogP contribution in [0.2, 0.25) is 0 Å². The second kappa shape index (κ2) is 8.84. The van der Waals surface area contributed by atoms with E-state index >= 15 is 0 Å². The van der Waals surface area contributed by atoms with E-state index in [1.807, 2.05) is 55.7 Å². The fraction of sp³-hybridized carbons (Fsp3) is 0.381. The fourth-order valence-corrected chi connectivity index (χ4v) is 2.94. The van der Waals surface area contributed by atoms with E-state index in [-0.39, 0.29) is 17.6 Å². The number of hydrogen-bond acceptors (Lipinski definition) is 4. The average Bonchev–Trinajstić information content (AvgIpc) is 3.04. The molecular formula is C21H26N4O3. The van der Waals surface area contributed by atoms with E-state index in [9.17, 15) is 9.59 Å². The molecule has 1 N–H and O–H groups in total. The van der Waals surface area contributed by atoms with Crippen molar-refractivity contribution in [2.75, 3.05) is 13.2 Å². The Morgan fingerprint density at radius 1 is 1.21 bits per heavy atom. The zero-order chi connectivity index (χ0) is 20.1. The summed E-state index contributed by atoms with van der Waals surface area (Å²) in [6.07, 6.45) is 4.38. The molecule has 0 saturated carbocycles. The third kappa shape index (κ3) is 4.31. The van der Waals surface area contributed by atoms with Crippen LogP contribution < -0.4 is 10.9 Å². The maximum absolute atomic E-state index is 12.9. The van der Waals surface area contributed by atoms with Crippen molar-refractivity contribution in [2.24, 2.45) is 0 Å². The molecule has 1 aromatic carbocycles. The molecule has 1 amide bonds. The zero-order valence-corrected chi connectivity index (χ0v) is 16.5. The van der Waals surface area contributed by atoms with Crippen LogP contribution in [-0.4, -0.2) is 39.5 Å². The SMILES string of the molecule is CCn1cc(C(=O)NCCCOC(C)C)c2nn(-c3ccccc3)c(=O)c-2c1. The number of hydrogen-bond donors (Lipinski definition) is 1. The highest BCUT2D eigenvalue weighted by molar-refractivity contribution is 5.99. The molecular weight excluding hydrogens is 356 g/mol. The molecule has 7 nitrogen and oxygen atoms in total. The van der Waals surface area contributed by atoms with E-state index in [2.05, 4.69) is 10.4 Å². The van der Waals surface area contributed by atoms with Crippen molar-refractivity contribution < 1.29 is 9.53 Å². The van der Waals surface area contributed by atoms with Crippen LogP contribution in [0.15, 0.2) is 47.5 Å². The lowest BCUT2D eigenvalue weighted by atomic mass is 10.1. The largest absolute Gasteiger partial charge is 0.379 e. The van der Waals surface area contributed by atoms with Gasteiger partial charge in [-0.2, -0.15) is 9.78 Å². The molecule has 3 rings (SSSR count). The molecule has 7 heteroatoms. The van der Waals surface area contributed by atoms with Crippen LogP contribution in [0.3, 0.4) is 0 Å². The minimum atomic E-state index is -0.241. The van der Waals surface area contributed by atoms with Gasteiger partial charge in [-0.15, -0.1) is 0 Å². The number of fused-ring (bicyclic) bond motifs is 1. The van der Waals surface area contributed by atoms with Gasteiger partial charge in [0.1, 0.15) is 5.69 Å². The lowest BCUT2D eigenvalue weighted by Crippen LogP contribution is -2.27. The molecule has 0 aromatic heterocycles. The number of rotatable bonds is 8. The molecule has 1 aromatic rings. The Labute approximate surface area is 164 Å². The number of aryl methyl sites for hydroxylation is 1. The van der Waals surface area contributed by atoms with Gasteiger partial charge in [-0.25, -0.2) is 0 Å². The molecule has 28 heavy (non-hydrogen) atoms. The molecule has 0 bridgehead atoms. The number of nitrogens with one attached hydrogen (secondary N) is 1. The van der Waals surface area contributed by atoms with Crippen molar-refractivity contribution in [3.63, 3.8) is 0 Å². The molecule has 0 atom stereocenters. The van der Waals surface area contributed by atoms with Crippen molar-refractivity contribution in [3.05, 3.63) is 58.6 Å². The van der Waals surface area contributed by atoms with Gasteiger partial charge in [0.2, 0.25) is 0 Å². The van der Waals surface area contributed by atoms with Crippen molar-refractivity contribution in [1.29, 1.82) is 0 Å². The fourth-order valence-electron chi connectivity index (χ4n) is 2.94. The van der Waals surface area contributed by atoms with E-state index in [0.717, 1.165) is 6.42 Å². The highest BCUT2D eigenvalue weighted by Crippen LogP contribution is 2.22. The highest BCUT2D eigenvalue weighted by atomic mass is 16.5. The molecule has 148 valence electrons. The summed E-state index contributed by atoms with van der Waals surface area (Å²) >= 11 is 0. The van der Waals surface area contributed by atoms with Gasteiger partial charge in [-0.3, -0.25) is 9.59 Å². The van der Waals surface area contributed by atoms with Crippen LogP contribution in [-0.2, 0) is 11.3 Å². The van der Waals surface area contributed by atoms with Crippen LogP contribution in [0.25, 0.3) is 16.9 Å². The summed E-state index contributed by atoms with van der Waals surface area (Å²) in [5, 5.41) is 7.35. The summed E-state index contributed by atoms with van der Waals surface area (Å²) in [5.41, 5.74) is 1.68. The molecule has 2 aliphatic heterocycles. The van der Waals surface area contributed by atoms with Gasteiger partial charge < -0.3 is 14.6 Å². The van der Waals surface area contributed by atoms with Gasteiger partial charge in [0, 0.05) is 32.1 Å². The predicted molar refractivity (Wildman–Crippen MR) is 108 cm³/mol. The second-order valence-electron chi connectivity index (χ2n) is 6.85. The topological polar surface area (TPSA) is 78.2 Å². The molecule has 0 spiro atoms. The van der Waals surface area contributed by atoms with Gasteiger partial charge in [0.25, 0.3) is 11.5 Å². The average molecular weight is 382 g/mol. The Morgan fingerprint density at radius 2 is 1.96 bits per heavy atom. The number of benzene rings is 1. The molecule has 2 heterocycles. The van der Waals surface area contributed by atoms with Crippen LogP contribution in [0.5, 0.6) is 0 Å². The third-order valence-corrected chi connectivity index (χ3v) is 4.39. The van der Waals surface area contributed by atoms with Gasteiger partial charge in [0.15, 0.2) is 0 Å². The normalized spacial score (nSPS) is 11.3. The minimum absolute atomic E-state index is 0.172. The third-order valence-electron chi connectivity index (χ3n) is 4.39. The number of ether oxygens (including phenoxy) is 1. The summed E-state index contributed by atoms with van der Waals surface area (Å²) in [6, 6.07) is 9.20. The summed E-state index contributed by atoms with van der Waals surface area (Å²) in [6.45, 7) is 7.65. The van der Waals surface area contributed by atoms with Gasteiger partial charge in [0.05, 0.1) is 22.9 Å². The number of pyridine rings is 1. The van der Waals surface area contributed by atoms with Crippen LogP contribution in [0.1, 0.15) is 37.6 Å². The number of aromatic nitrogens is 3. The maximum Gasteiger partial charge on any atom is 0.282 e. The number of amides is 1.